The van der Waals surface area contributed by atoms with Crippen LogP contribution in [0.25, 0.3) is 21.5 Å². The number of rotatable bonds is 6. The molecule has 0 aliphatic rings. The molecule has 0 aromatic heterocycles. The minimum Gasteiger partial charge on any atom is -0.444 e. The summed E-state index contributed by atoms with van der Waals surface area (Å²) in [6.45, 7) is 0.180. The molecule has 178 valence electrons. The van der Waals surface area contributed by atoms with Crippen LogP contribution in [0.1, 0.15) is 11.1 Å². The summed E-state index contributed by atoms with van der Waals surface area (Å²) in [5, 5.41) is 9.57. The topological polar surface area (TPSA) is 76.7 Å². The lowest BCUT2D eigenvalue weighted by Gasteiger charge is -2.11. The van der Waals surface area contributed by atoms with Crippen molar-refractivity contribution in [1.82, 2.24) is 0 Å². The van der Waals surface area contributed by atoms with Gasteiger partial charge in [0.2, 0.25) is 0 Å². The van der Waals surface area contributed by atoms with Gasteiger partial charge in [-0.25, -0.2) is 9.59 Å². The molecular formula is C30H24N2O4. The number of benzene rings is 5. The Morgan fingerprint density at radius 3 is 1.44 bits per heavy atom. The number of ether oxygens (including phenoxy) is 2. The number of carbonyl (C=O) groups excluding carboxylic acids is 2. The molecule has 0 heterocycles. The lowest BCUT2D eigenvalue weighted by atomic mass is 10.1. The van der Waals surface area contributed by atoms with E-state index in [1.165, 1.54) is 0 Å². The van der Waals surface area contributed by atoms with Gasteiger partial charge >= 0.3 is 12.2 Å². The number of nitrogens with one attached hydrogen (secondary N) is 2. The second kappa shape index (κ2) is 10.6. The monoisotopic (exact) mass is 476 g/mol. The maximum Gasteiger partial charge on any atom is 0.411 e. The first-order chi connectivity index (χ1) is 17.7. The number of anilines is 2. The lowest BCUT2D eigenvalue weighted by Crippen LogP contribution is -2.14. The average Bonchev–Trinajstić information content (AvgIpc) is 2.91. The van der Waals surface area contributed by atoms with Crippen molar-refractivity contribution < 1.29 is 19.1 Å². The summed E-state index contributed by atoms with van der Waals surface area (Å²) in [6.07, 6.45) is -1.08. The van der Waals surface area contributed by atoms with Gasteiger partial charge in [-0.1, -0.05) is 91.0 Å². The third-order valence-corrected chi connectivity index (χ3v) is 5.78. The third kappa shape index (κ3) is 5.45. The van der Waals surface area contributed by atoms with Crippen LogP contribution in [-0.4, -0.2) is 12.2 Å². The van der Waals surface area contributed by atoms with E-state index in [9.17, 15) is 9.59 Å². The fraction of sp³-hybridized carbons (Fsp3) is 0.0667. The molecule has 6 heteroatoms. The van der Waals surface area contributed by atoms with Gasteiger partial charge in [0.1, 0.15) is 13.2 Å². The van der Waals surface area contributed by atoms with Crippen LogP contribution in [0.4, 0.5) is 21.0 Å². The Morgan fingerprint density at radius 2 is 0.944 bits per heavy atom. The van der Waals surface area contributed by atoms with E-state index in [1.54, 1.807) is 0 Å². The van der Waals surface area contributed by atoms with E-state index in [1.807, 2.05) is 109 Å². The number of hydrogen-bond acceptors (Lipinski definition) is 4. The third-order valence-electron chi connectivity index (χ3n) is 5.78. The molecule has 0 spiro atoms. The Bertz CT molecular complexity index is 1420. The first-order valence-electron chi connectivity index (χ1n) is 11.6. The van der Waals surface area contributed by atoms with E-state index in [0.717, 1.165) is 32.7 Å². The van der Waals surface area contributed by atoms with Crippen LogP contribution in [0.15, 0.2) is 109 Å². The van der Waals surface area contributed by atoms with E-state index in [-0.39, 0.29) is 13.2 Å². The lowest BCUT2D eigenvalue weighted by molar-refractivity contribution is 0.154. The summed E-state index contributed by atoms with van der Waals surface area (Å²) in [4.78, 5) is 24.8. The Balaban J connectivity index is 1.15. The minimum atomic E-state index is -0.539. The molecule has 0 fully saturated rings. The van der Waals surface area contributed by atoms with Crippen molar-refractivity contribution in [3.05, 3.63) is 120 Å². The Labute approximate surface area is 208 Å². The zero-order valence-electron chi connectivity index (χ0n) is 19.4. The number of amides is 2. The molecule has 5 rings (SSSR count). The Kier molecular flexibility index (Phi) is 6.76. The molecule has 5 aromatic carbocycles. The van der Waals surface area contributed by atoms with Gasteiger partial charge in [-0.3, -0.25) is 10.6 Å². The van der Waals surface area contributed by atoms with Crippen LogP contribution in [0, 0.1) is 0 Å². The summed E-state index contributed by atoms with van der Waals surface area (Å²) in [5.41, 5.74) is 2.96. The molecule has 0 atom stereocenters. The quantitative estimate of drug-likeness (QED) is 0.266. The van der Waals surface area contributed by atoms with Gasteiger partial charge in [-0.05, 0) is 40.1 Å². The van der Waals surface area contributed by atoms with Crippen molar-refractivity contribution in [3.63, 3.8) is 0 Å². The molecule has 0 bridgehead atoms. The van der Waals surface area contributed by atoms with Gasteiger partial charge in [-0.15, -0.1) is 0 Å². The first-order valence-corrected chi connectivity index (χ1v) is 11.6. The highest BCUT2D eigenvalue weighted by molar-refractivity contribution is 6.01. The highest BCUT2D eigenvalue weighted by atomic mass is 16.6. The van der Waals surface area contributed by atoms with Crippen molar-refractivity contribution >= 4 is 45.1 Å². The minimum absolute atomic E-state index is 0.0899. The first kappa shape index (κ1) is 22.9. The second-order valence-electron chi connectivity index (χ2n) is 8.28. The van der Waals surface area contributed by atoms with E-state index in [2.05, 4.69) is 10.6 Å². The van der Waals surface area contributed by atoms with Crippen molar-refractivity contribution in [1.29, 1.82) is 0 Å². The maximum absolute atomic E-state index is 12.4. The molecule has 0 saturated carbocycles. The van der Waals surface area contributed by atoms with Gasteiger partial charge < -0.3 is 9.47 Å². The van der Waals surface area contributed by atoms with Gasteiger partial charge in [0.05, 0.1) is 11.4 Å². The summed E-state index contributed by atoms with van der Waals surface area (Å²) < 4.78 is 10.8. The van der Waals surface area contributed by atoms with Crippen LogP contribution in [-0.2, 0) is 22.7 Å². The van der Waals surface area contributed by atoms with Crippen molar-refractivity contribution in [2.24, 2.45) is 0 Å². The molecular weight excluding hydrogens is 452 g/mol. The second-order valence-corrected chi connectivity index (χ2v) is 8.28. The number of carbonyl (C=O) groups is 2. The van der Waals surface area contributed by atoms with E-state index < -0.39 is 12.2 Å². The van der Waals surface area contributed by atoms with Crippen LogP contribution in [0.2, 0.25) is 0 Å². The van der Waals surface area contributed by atoms with E-state index in [0.29, 0.717) is 11.4 Å². The SMILES string of the molecule is O=C(Nc1cccc2ccccc12)OCc1cccc(COC(=O)Nc2cccc3ccccc23)c1. The molecule has 0 aliphatic heterocycles. The molecule has 2 N–H and O–H groups in total. The van der Waals surface area contributed by atoms with Crippen LogP contribution >= 0.6 is 0 Å². The van der Waals surface area contributed by atoms with Crippen molar-refractivity contribution in [2.75, 3.05) is 10.6 Å². The summed E-state index contributed by atoms with van der Waals surface area (Å²) in [5.74, 6) is 0. The fourth-order valence-corrected chi connectivity index (χ4v) is 4.07. The van der Waals surface area contributed by atoms with Gasteiger partial charge in [-0.2, -0.15) is 0 Å². The average molecular weight is 477 g/mol. The van der Waals surface area contributed by atoms with E-state index in [4.69, 9.17) is 9.47 Å². The van der Waals surface area contributed by atoms with E-state index >= 15 is 0 Å². The van der Waals surface area contributed by atoms with Crippen molar-refractivity contribution in [3.8, 4) is 0 Å². The zero-order chi connectivity index (χ0) is 24.7. The van der Waals surface area contributed by atoms with Gasteiger partial charge in [0.25, 0.3) is 0 Å². The summed E-state index contributed by atoms with van der Waals surface area (Å²) in [6, 6.07) is 34.4. The largest absolute Gasteiger partial charge is 0.444 e. The smallest absolute Gasteiger partial charge is 0.411 e. The number of fused-ring (bicyclic) bond motifs is 2. The molecule has 36 heavy (non-hydrogen) atoms. The zero-order valence-corrected chi connectivity index (χ0v) is 19.4. The predicted molar refractivity (Wildman–Crippen MR) is 142 cm³/mol. The molecule has 2 amide bonds. The standard InChI is InChI=1S/C30H24N2O4/c33-29(31-27-16-6-12-23-10-1-3-14-25(23)27)35-19-21-8-5-9-22(18-21)20-36-30(34)32-28-17-7-13-24-11-2-4-15-26(24)28/h1-18H,19-20H2,(H,31,33)(H,32,34). The molecule has 0 saturated heterocycles. The van der Waals surface area contributed by atoms with Crippen LogP contribution in [0.3, 0.4) is 0 Å². The molecule has 0 aliphatic carbocycles. The van der Waals surface area contributed by atoms with Gasteiger partial charge in [0, 0.05) is 10.8 Å². The normalized spacial score (nSPS) is 10.7. The van der Waals surface area contributed by atoms with Crippen molar-refractivity contribution in [2.45, 2.75) is 13.2 Å². The Morgan fingerprint density at radius 1 is 0.528 bits per heavy atom. The molecule has 5 aromatic rings. The Hall–Kier alpha value is -4.84. The molecule has 0 radical (unpaired) electrons. The summed E-state index contributed by atoms with van der Waals surface area (Å²) >= 11 is 0. The molecule has 6 nitrogen and oxygen atoms in total. The predicted octanol–water partition coefficient (Wildman–Crippen LogP) is 7.49. The highest BCUT2D eigenvalue weighted by Gasteiger charge is 2.09. The van der Waals surface area contributed by atoms with Gasteiger partial charge in [0.15, 0.2) is 0 Å². The maximum atomic E-state index is 12.4. The van der Waals surface area contributed by atoms with Crippen LogP contribution < -0.4 is 10.6 Å². The summed E-state index contributed by atoms with van der Waals surface area (Å²) in [7, 11) is 0. The molecule has 0 unspecified atom stereocenters. The number of hydrogen-bond donors (Lipinski definition) is 2. The fourth-order valence-electron chi connectivity index (χ4n) is 4.07. The van der Waals surface area contributed by atoms with Crippen LogP contribution in [0.5, 0.6) is 0 Å². The highest BCUT2D eigenvalue weighted by Crippen LogP contribution is 2.24.